The van der Waals surface area contributed by atoms with Crippen LogP contribution in [0.2, 0.25) is 0 Å². The zero-order chi connectivity index (χ0) is 14.4. The van der Waals surface area contributed by atoms with E-state index in [4.69, 9.17) is 5.73 Å². The van der Waals surface area contributed by atoms with Crippen LogP contribution >= 0.6 is 0 Å². The molecule has 0 radical (unpaired) electrons. The minimum absolute atomic E-state index is 0.0605. The number of nitrogens with two attached hydrogens (primary N) is 1. The van der Waals surface area contributed by atoms with Gasteiger partial charge >= 0.3 is 0 Å². The molecular formula is C14H27N3O2. The van der Waals surface area contributed by atoms with Crippen LogP contribution in [-0.2, 0) is 9.59 Å². The molecule has 3 N–H and O–H groups in total. The molecule has 5 nitrogen and oxygen atoms in total. The van der Waals surface area contributed by atoms with Crippen molar-refractivity contribution in [2.45, 2.75) is 71.0 Å². The van der Waals surface area contributed by atoms with E-state index in [1.54, 1.807) is 4.90 Å². The van der Waals surface area contributed by atoms with Gasteiger partial charge in [-0.2, -0.15) is 0 Å². The van der Waals surface area contributed by atoms with Crippen LogP contribution in [0.5, 0.6) is 0 Å². The second-order valence-corrected chi connectivity index (χ2v) is 5.68. The molecule has 5 heteroatoms. The lowest BCUT2D eigenvalue weighted by Gasteiger charge is -2.24. The highest BCUT2D eigenvalue weighted by molar-refractivity contribution is 5.88. The van der Waals surface area contributed by atoms with E-state index < -0.39 is 0 Å². The molecular weight excluding hydrogens is 242 g/mol. The van der Waals surface area contributed by atoms with Gasteiger partial charge in [0.15, 0.2) is 0 Å². The van der Waals surface area contributed by atoms with Gasteiger partial charge in [-0.3, -0.25) is 9.59 Å². The van der Waals surface area contributed by atoms with Crippen LogP contribution < -0.4 is 11.1 Å². The minimum atomic E-state index is -0.383. The van der Waals surface area contributed by atoms with E-state index in [0.29, 0.717) is 19.4 Å². The molecule has 0 aromatic carbocycles. The highest BCUT2D eigenvalue weighted by atomic mass is 16.2. The quantitative estimate of drug-likeness (QED) is 0.707. The van der Waals surface area contributed by atoms with Gasteiger partial charge in [-0.1, -0.05) is 19.8 Å². The molecule has 0 unspecified atom stereocenters. The zero-order valence-electron chi connectivity index (χ0n) is 12.3. The van der Waals surface area contributed by atoms with Crippen molar-refractivity contribution < 1.29 is 9.59 Å². The van der Waals surface area contributed by atoms with Crippen LogP contribution in [0.25, 0.3) is 0 Å². The van der Waals surface area contributed by atoms with Crippen LogP contribution in [0, 0.1) is 0 Å². The largest absolute Gasteiger partial charge is 0.352 e. The third-order valence-corrected chi connectivity index (χ3v) is 3.38. The van der Waals surface area contributed by atoms with E-state index >= 15 is 0 Å². The molecule has 0 aliphatic carbocycles. The maximum Gasteiger partial charge on any atom is 0.243 e. The minimum Gasteiger partial charge on any atom is -0.352 e. The Labute approximate surface area is 115 Å². The summed E-state index contributed by atoms with van der Waals surface area (Å²) in [6, 6.07) is -0.383. The normalized spacial score (nSPS) is 22.9. The lowest BCUT2D eigenvalue weighted by Crippen LogP contribution is -2.47. The van der Waals surface area contributed by atoms with Gasteiger partial charge in [0, 0.05) is 25.0 Å². The topological polar surface area (TPSA) is 75.4 Å². The molecule has 2 atom stereocenters. The Morgan fingerprint density at radius 3 is 2.63 bits per heavy atom. The van der Waals surface area contributed by atoms with Gasteiger partial charge in [-0.05, 0) is 26.7 Å². The van der Waals surface area contributed by atoms with Gasteiger partial charge in [0.05, 0.1) is 0 Å². The Bertz CT molecular complexity index is 318. The molecule has 0 aromatic heterocycles. The number of hydrogen-bond acceptors (Lipinski definition) is 3. The summed E-state index contributed by atoms with van der Waals surface area (Å²) in [5.74, 6) is -0.0166. The van der Waals surface area contributed by atoms with Gasteiger partial charge in [0.2, 0.25) is 11.8 Å². The van der Waals surface area contributed by atoms with Gasteiger partial charge in [0.25, 0.3) is 0 Å². The third-order valence-electron chi connectivity index (χ3n) is 3.38. The SMILES string of the molecule is CCCCCC(=O)N1C[C@@H](N)C[C@H]1C(=O)NC(C)C. The molecule has 1 fully saturated rings. The molecule has 1 heterocycles. The number of amides is 2. The zero-order valence-corrected chi connectivity index (χ0v) is 12.3. The highest BCUT2D eigenvalue weighted by Crippen LogP contribution is 2.19. The number of likely N-dealkylation sites (tertiary alicyclic amines) is 1. The number of nitrogens with one attached hydrogen (secondary N) is 1. The Balaban J connectivity index is 2.58. The molecule has 0 bridgehead atoms. The van der Waals surface area contributed by atoms with Crippen LogP contribution in [0.3, 0.4) is 0 Å². The standard InChI is InChI=1S/C14H27N3O2/c1-4-5-6-7-13(18)17-9-11(15)8-12(17)14(19)16-10(2)3/h10-12H,4-9,15H2,1-3H3,(H,16,19)/t11-,12-/m0/s1. The van der Waals surface area contributed by atoms with Crippen molar-refractivity contribution in [3.05, 3.63) is 0 Å². The summed E-state index contributed by atoms with van der Waals surface area (Å²) in [5.41, 5.74) is 5.90. The lowest BCUT2D eigenvalue weighted by molar-refractivity contribution is -0.138. The summed E-state index contributed by atoms with van der Waals surface area (Å²) in [4.78, 5) is 25.9. The van der Waals surface area contributed by atoms with Crippen molar-refractivity contribution in [3.8, 4) is 0 Å². The van der Waals surface area contributed by atoms with Gasteiger partial charge in [0.1, 0.15) is 6.04 Å². The Kier molecular flexibility index (Phi) is 6.28. The third kappa shape index (κ3) is 4.82. The number of carbonyl (C=O) groups is 2. The molecule has 110 valence electrons. The average molecular weight is 269 g/mol. The molecule has 1 aliphatic heterocycles. The predicted molar refractivity (Wildman–Crippen MR) is 75.5 cm³/mol. The van der Waals surface area contributed by atoms with Gasteiger partial charge in [-0.25, -0.2) is 0 Å². The molecule has 1 saturated heterocycles. The van der Waals surface area contributed by atoms with Gasteiger partial charge in [-0.15, -0.1) is 0 Å². The van der Waals surface area contributed by atoms with Gasteiger partial charge < -0.3 is 16.0 Å². The predicted octanol–water partition coefficient (Wildman–Crippen LogP) is 1.02. The number of nitrogens with zero attached hydrogens (tertiary/aromatic N) is 1. The Morgan fingerprint density at radius 1 is 1.37 bits per heavy atom. The fourth-order valence-corrected chi connectivity index (χ4v) is 2.44. The van der Waals surface area contributed by atoms with E-state index in [1.165, 1.54) is 0 Å². The highest BCUT2D eigenvalue weighted by Gasteiger charge is 2.37. The van der Waals surface area contributed by atoms with Crippen LogP contribution in [0.15, 0.2) is 0 Å². The number of unbranched alkanes of at least 4 members (excludes halogenated alkanes) is 2. The first-order chi connectivity index (χ1) is 8.95. The second-order valence-electron chi connectivity index (χ2n) is 5.68. The van der Waals surface area contributed by atoms with Crippen molar-refractivity contribution in [1.29, 1.82) is 0 Å². The molecule has 0 spiro atoms. The van der Waals surface area contributed by atoms with Crippen molar-refractivity contribution in [2.75, 3.05) is 6.54 Å². The molecule has 0 saturated carbocycles. The average Bonchev–Trinajstić information content (AvgIpc) is 2.71. The lowest BCUT2D eigenvalue weighted by atomic mass is 10.1. The van der Waals surface area contributed by atoms with Crippen LogP contribution in [0.4, 0.5) is 0 Å². The molecule has 1 rings (SSSR count). The molecule has 1 aliphatic rings. The van der Waals surface area contributed by atoms with Crippen molar-refractivity contribution >= 4 is 11.8 Å². The van der Waals surface area contributed by atoms with Crippen molar-refractivity contribution in [3.63, 3.8) is 0 Å². The number of carbonyl (C=O) groups excluding carboxylic acids is 2. The van der Waals surface area contributed by atoms with E-state index in [1.807, 2.05) is 13.8 Å². The Morgan fingerprint density at radius 2 is 2.05 bits per heavy atom. The van der Waals surface area contributed by atoms with E-state index in [-0.39, 0.29) is 29.9 Å². The molecule has 19 heavy (non-hydrogen) atoms. The summed E-state index contributed by atoms with van der Waals surface area (Å²) < 4.78 is 0. The summed E-state index contributed by atoms with van der Waals surface area (Å²) in [7, 11) is 0. The monoisotopic (exact) mass is 269 g/mol. The maximum absolute atomic E-state index is 12.2. The molecule has 0 aromatic rings. The van der Waals surface area contributed by atoms with E-state index in [2.05, 4.69) is 12.2 Å². The van der Waals surface area contributed by atoms with E-state index in [0.717, 1.165) is 19.3 Å². The number of rotatable bonds is 6. The van der Waals surface area contributed by atoms with Crippen molar-refractivity contribution in [1.82, 2.24) is 10.2 Å². The summed E-state index contributed by atoms with van der Waals surface area (Å²) in [6.45, 7) is 6.44. The molecule has 2 amide bonds. The fraction of sp³-hybridized carbons (Fsp3) is 0.857. The first-order valence-corrected chi connectivity index (χ1v) is 7.31. The van der Waals surface area contributed by atoms with Crippen LogP contribution in [-0.4, -0.2) is 41.4 Å². The maximum atomic E-state index is 12.2. The smallest absolute Gasteiger partial charge is 0.243 e. The Hall–Kier alpha value is -1.10. The second kappa shape index (κ2) is 7.48. The number of hydrogen-bond donors (Lipinski definition) is 2. The van der Waals surface area contributed by atoms with Crippen LogP contribution in [0.1, 0.15) is 52.9 Å². The fourth-order valence-electron chi connectivity index (χ4n) is 2.44. The summed E-state index contributed by atoms with van der Waals surface area (Å²) >= 11 is 0. The van der Waals surface area contributed by atoms with E-state index in [9.17, 15) is 9.59 Å². The van der Waals surface area contributed by atoms with Crippen molar-refractivity contribution in [2.24, 2.45) is 5.73 Å². The summed E-state index contributed by atoms with van der Waals surface area (Å²) in [6.07, 6.45) is 4.11. The summed E-state index contributed by atoms with van der Waals surface area (Å²) in [5, 5.41) is 2.87. The first-order valence-electron chi connectivity index (χ1n) is 7.31. The first kappa shape index (κ1) is 16.0.